The summed E-state index contributed by atoms with van der Waals surface area (Å²) in [4.78, 5) is 62.0. The van der Waals surface area contributed by atoms with Crippen LogP contribution in [0.15, 0.2) is 73.4 Å². The fraction of sp³-hybridized carbons (Fsp3) is 0.333. The molecule has 0 bridgehead atoms. The molecule has 0 aliphatic carbocycles. The van der Waals surface area contributed by atoms with Crippen molar-refractivity contribution in [3.8, 4) is 0 Å². The van der Waals surface area contributed by atoms with E-state index in [4.69, 9.17) is 19.7 Å². The molecular weight excluding hydrogens is 552 g/mol. The molecule has 0 fully saturated rings. The zero-order valence-electron chi connectivity index (χ0n) is 24.7. The first kappa shape index (κ1) is 41.5. The Balaban J connectivity index is -0.000000507. The Morgan fingerprint density at radius 1 is 0.667 bits per heavy atom. The standard InChI is InChI=1S/C12H20O4.C8H8.C6H8O4.C4H4O4/c1-5-9(3)15-11(13)7-8-12(14)16-10(4)6-2;1-2-8-6-4-3-5-7-8;1-9-5(7)3-4-6(8)10-2;5-3(6)1-2-4(7)8/h7-10H,5-6H2,1-4H3;2-7H,1H2;3-4H,1-2H3;1-2H,(H,5,6)(H,7,8)/b8-7+;;4-3+;2-1+. The second-order valence-electron chi connectivity index (χ2n) is 7.65. The third-order valence-electron chi connectivity index (χ3n) is 4.30. The van der Waals surface area contributed by atoms with Gasteiger partial charge in [0.15, 0.2) is 0 Å². The monoisotopic (exact) mass is 592 g/mol. The largest absolute Gasteiger partial charge is 0.478 e. The van der Waals surface area contributed by atoms with Gasteiger partial charge in [-0.3, -0.25) is 0 Å². The van der Waals surface area contributed by atoms with Crippen molar-refractivity contribution < 1.29 is 57.9 Å². The maximum absolute atomic E-state index is 11.2. The minimum absolute atomic E-state index is 0.136. The Hall–Kier alpha value is -5.00. The van der Waals surface area contributed by atoms with Crippen molar-refractivity contribution in [2.24, 2.45) is 0 Å². The van der Waals surface area contributed by atoms with Crippen LogP contribution in [0.4, 0.5) is 0 Å². The molecule has 2 N–H and O–H groups in total. The van der Waals surface area contributed by atoms with E-state index in [1.807, 2.05) is 50.3 Å². The van der Waals surface area contributed by atoms with Crippen LogP contribution in [0, 0.1) is 0 Å². The molecule has 0 heterocycles. The van der Waals surface area contributed by atoms with Gasteiger partial charge in [0.1, 0.15) is 0 Å². The van der Waals surface area contributed by atoms with Gasteiger partial charge in [-0.25, -0.2) is 28.8 Å². The van der Waals surface area contributed by atoms with E-state index in [2.05, 4.69) is 16.1 Å². The number of carboxylic acids is 2. The number of aliphatic carboxylic acids is 2. The molecule has 0 spiro atoms. The predicted molar refractivity (Wildman–Crippen MR) is 155 cm³/mol. The van der Waals surface area contributed by atoms with Crippen LogP contribution in [0.2, 0.25) is 0 Å². The number of esters is 4. The zero-order valence-corrected chi connectivity index (χ0v) is 24.7. The van der Waals surface area contributed by atoms with Crippen molar-refractivity contribution in [2.75, 3.05) is 14.2 Å². The number of carbonyl (C=O) groups excluding carboxylic acids is 4. The molecule has 2 unspecified atom stereocenters. The zero-order chi connectivity index (χ0) is 32.9. The van der Waals surface area contributed by atoms with Crippen LogP contribution in [0.5, 0.6) is 0 Å². The number of carboxylic acid groups (broad SMARTS) is 2. The van der Waals surface area contributed by atoms with Gasteiger partial charge in [-0.2, -0.15) is 0 Å². The molecule has 1 aromatic carbocycles. The molecule has 0 amide bonds. The summed E-state index contributed by atoms with van der Waals surface area (Å²) >= 11 is 0. The quantitative estimate of drug-likeness (QED) is 0.213. The number of hydrogen-bond donors (Lipinski definition) is 2. The highest BCUT2D eigenvalue weighted by atomic mass is 16.5. The normalized spacial score (nSPS) is 11.2. The van der Waals surface area contributed by atoms with E-state index in [0.717, 1.165) is 37.1 Å². The minimum atomic E-state index is -1.26. The van der Waals surface area contributed by atoms with Crippen molar-refractivity contribution in [1.29, 1.82) is 0 Å². The first-order valence-electron chi connectivity index (χ1n) is 12.5. The van der Waals surface area contributed by atoms with E-state index in [0.29, 0.717) is 12.2 Å². The fourth-order valence-electron chi connectivity index (χ4n) is 1.78. The van der Waals surface area contributed by atoms with E-state index < -0.39 is 35.8 Å². The van der Waals surface area contributed by atoms with Crippen LogP contribution >= 0.6 is 0 Å². The highest BCUT2D eigenvalue weighted by molar-refractivity contribution is 5.92. The van der Waals surface area contributed by atoms with Gasteiger partial charge in [0, 0.05) is 36.5 Å². The lowest BCUT2D eigenvalue weighted by molar-refractivity contribution is -0.145. The average Bonchev–Trinajstić information content (AvgIpc) is 2.98. The molecule has 0 radical (unpaired) electrons. The molecule has 0 saturated carbocycles. The predicted octanol–water partition coefficient (Wildman–Crippen LogP) is 4.16. The van der Waals surface area contributed by atoms with E-state index >= 15 is 0 Å². The summed E-state index contributed by atoms with van der Waals surface area (Å²) in [5, 5.41) is 15.6. The van der Waals surface area contributed by atoms with Crippen LogP contribution < -0.4 is 0 Å². The lowest BCUT2D eigenvalue weighted by Gasteiger charge is -2.09. The number of methoxy groups -OCH3 is 2. The van der Waals surface area contributed by atoms with Crippen molar-refractivity contribution in [3.63, 3.8) is 0 Å². The smallest absolute Gasteiger partial charge is 0.331 e. The number of ether oxygens (including phenoxy) is 4. The Morgan fingerprint density at radius 2 is 1.00 bits per heavy atom. The van der Waals surface area contributed by atoms with E-state index in [9.17, 15) is 28.8 Å². The molecule has 42 heavy (non-hydrogen) atoms. The number of benzene rings is 1. The maximum atomic E-state index is 11.2. The van der Waals surface area contributed by atoms with Gasteiger partial charge < -0.3 is 29.2 Å². The second-order valence-corrected chi connectivity index (χ2v) is 7.65. The molecule has 232 valence electrons. The number of hydrogen-bond acceptors (Lipinski definition) is 10. The molecule has 0 saturated heterocycles. The summed E-state index contributed by atoms with van der Waals surface area (Å²) in [7, 11) is 2.45. The van der Waals surface area contributed by atoms with E-state index in [1.165, 1.54) is 19.8 Å². The Bertz CT molecular complexity index is 995. The van der Waals surface area contributed by atoms with Crippen LogP contribution in [-0.2, 0) is 47.7 Å². The average molecular weight is 593 g/mol. The summed E-state index contributed by atoms with van der Waals surface area (Å²) in [5.74, 6) is -4.71. The molecule has 1 aromatic rings. The lowest BCUT2D eigenvalue weighted by Crippen LogP contribution is -2.14. The summed E-state index contributed by atoms with van der Waals surface area (Å²) in [5.41, 5.74) is 1.17. The van der Waals surface area contributed by atoms with Crippen LogP contribution in [-0.4, -0.2) is 72.5 Å². The first-order chi connectivity index (χ1) is 19.7. The van der Waals surface area contributed by atoms with Crippen molar-refractivity contribution >= 4 is 41.9 Å². The van der Waals surface area contributed by atoms with Gasteiger partial charge in [-0.1, -0.05) is 56.8 Å². The number of carbonyl (C=O) groups is 6. The van der Waals surface area contributed by atoms with Gasteiger partial charge in [0.05, 0.1) is 26.4 Å². The summed E-state index contributed by atoms with van der Waals surface area (Å²) in [6, 6.07) is 10.0. The van der Waals surface area contributed by atoms with E-state index in [1.54, 1.807) is 13.8 Å². The maximum Gasteiger partial charge on any atom is 0.331 e. The van der Waals surface area contributed by atoms with Gasteiger partial charge in [0.25, 0.3) is 0 Å². The third-order valence-corrected chi connectivity index (χ3v) is 4.30. The van der Waals surface area contributed by atoms with Crippen LogP contribution in [0.25, 0.3) is 6.08 Å². The van der Waals surface area contributed by atoms with Crippen LogP contribution in [0.3, 0.4) is 0 Å². The molecule has 12 heteroatoms. The Labute approximate surface area is 245 Å². The number of rotatable bonds is 11. The minimum Gasteiger partial charge on any atom is -0.478 e. The Morgan fingerprint density at radius 3 is 1.24 bits per heavy atom. The van der Waals surface area contributed by atoms with Gasteiger partial charge in [0.2, 0.25) is 0 Å². The third kappa shape index (κ3) is 31.2. The van der Waals surface area contributed by atoms with Crippen LogP contribution in [0.1, 0.15) is 46.1 Å². The highest BCUT2D eigenvalue weighted by Crippen LogP contribution is 2.00. The van der Waals surface area contributed by atoms with E-state index in [-0.39, 0.29) is 12.2 Å². The SMILES string of the molecule is C=Cc1ccccc1.CCC(C)OC(=O)/C=C/C(=O)OC(C)CC.COC(=O)/C=C/C(=O)OC.O=C(O)/C=C/C(=O)O. The summed E-state index contributed by atoms with van der Waals surface area (Å²) in [6.45, 7) is 11.1. The van der Waals surface area contributed by atoms with Gasteiger partial charge >= 0.3 is 35.8 Å². The molecule has 1 rings (SSSR count). The Kier molecular flexibility index (Phi) is 27.2. The van der Waals surface area contributed by atoms with Gasteiger partial charge in [-0.05, 0) is 32.3 Å². The molecule has 0 aromatic heterocycles. The molecule has 2 atom stereocenters. The van der Waals surface area contributed by atoms with Crippen molar-refractivity contribution in [3.05, 3.63) is 78.9 Å². The van der Waals surface area contributed by atoms with Crippen molar-refractivity contribution in [1.82, 2.24) is 0 Å². The molecule has 12 nitrogen and oxygen atoms in total. The second kappa shape index (κ2) is 27.6. The first-order valence-corrected chi connectivity index (χ1v) is 12.5. The topological polar surface area (TPSA) is 180 Å². The summed E-state index contributed by atoms with van der Waals surface area (Å²) < 4.78 is 18.3. The molecular formula is C30H40O12. The highest BCUT2D eigenvalue weighted by Gasteiger charge is 2.07. The fourth-order valence-corrected chi connectivity index (χ4v) is 1.78. The molecule has 0 aliphatic heterocycles. The lowest BCUT2D eigenvalue weighted by atomic mass is 10.2. The van der Waals surface area contributed by atoms with Gasteiger partial charge in [-0.15, -0.1) is 0 Å². The molecule has 0 aliphatic rings. The summed E-state index contributed by atoms with van der Waals surface area (Å²) in [6.07, 6.45) is 8.34. The van der Waals surface area contributed by atoms with Crippen molar-refractivity contribution in [2.45, 2.75) is 52.7 Å².